The molecule has 0 radical (unpaired) electrons. The molecule has 2 aliphatic rings. The third-order valence-electron chi connectivity index (χ3n) is 7.25. The number of nitrogens with one attached hydrogen (secondary N) is 2. The van der Waals surface area contributed by atoms with E-state index in [-0.39, 0.29) is 6.54 Å². The van der Waals surface area contributed by atoms with Crippen LogP contribution in [0.3, 0.4) is 0 Å². The number of imidazole rings is 1. The van der Waals surface area contributed by atoms with Crippen LogP contribution in [-0.4, -0.2) is 38.8 Å². The van der Waals surface area contributed by atoms with Gasteiger partial charge in [-0.15, -0.1) is 0 Å². The van der Waals surface area contributed by atoms with Crippen molar-refractivity contribution in [3.05, 3.63) is 84.3 Å². The van der Waals surface area contributed by atoms with Gasteiger partial charge in [0.15, 0.2) is 0 Å². The maximum Gasteiger partial charge on any atom is 0.325 e. The van der Waals surface area contributed by atoms with Gasteiger partial charge in [0.2, 0.25) is 5.91 Å². The minimum Gasteiger partial charge on any atom is -0.334 e. The smallest absolute Gasteiger partial charge is 0.325 e. The van der Waals surface area contributed by atoms with E-state index in [4.69, 9.17) is 4.98 Å². The Hall–Kier alpha value is -4.46. The van der Waals surface area contributed by atoms with Crippen molar-refractivity contribution in [2.45, 2.75) is 38.3 Å². The Morgan fingerprint density at radius 1 is 1.03 bits per heavy atom. The van der Waals surface area contributed by atoms with Crippen LogP contribution in [0.5, 0.6) is 0 Å². The highest BCUT2D eigenvalue weighted by Crippen LogP contribution is 2.31. The predicted molar refractivity (Wildman–Crippen MR) is 141 cm³/mol. The molecule has 4 amide bonds. The summed E-state index contributed by atoms with van der Waals surface area (Å²) in [7, 11) is 0. The van der Waals surface area contributed by atoms with E-state index in [2.05, 4.69) is 21.4 Å². The average Bonchev–Trinajstić information content (AvgIpc) is 3.44. The predicted octanol–water partition coefficient (Wildman–Crippen LogP) is 4.45. The van der Waals surface area contributed by atoms with Gasteiger partial charge in [0.25, 0.3) is 5.91 Å². The van der Waals surface area contributed by atoms with Crippen LogP contribution in [0, 0.1) is 0 Å². The van der Waals surface area contributed by atoms with E-state index in [1.807, 2.05) is 60.7 Å². The lowest BCUT2D eigenvalue weighted by molar-refractivity contribution is -0.133. The lowest BCUT2D eigenvalue weighted by Gasteiger charge is -2.22. The van der Waals surface area contributed by atoms with Gasteiger partial charge in [0.05, 0.1) is 5.69 Å². The van der Waals surface area contributed by atoms with Gasteiger partial charge in [0.1, 0.15) is 17.9 Å². The highest BCUT2D eigenvalue weighted by Gasteiger charge is 2.49. The average molecular weight is 494 g/mol. The standard InChI is InChI=1S/C29H27N5O3/c1-29(22-13-12-19-7-2-3-8-20(19)15-22)27(36)34(28(37)32-29)18-26(35)30-23-10-6-9-21(16-23)24-17-33-14-5-4-11-25(33)31-24/h2-3,6-10,12-13,15-17H,4-5,11,14,18H2,1H3,(H,30,35)(H,32,37). The first-order valence-electron chi connectivity index (χ1n) is 12.5. The summed E-state index contributed by atoms with van der Waals surface area (Å²) in [6, 6.07) is 20.3. The molecule has 2 aliphatic heterocycles. The Morgan fingerprint density at radius 2 is 1.86 bits per heavy atom. The van der Waals surface area contributed by atoms with E-state index in [1.165, 1.54) is 0 Å². The third kappa shape index (κ3) is 4.14. The molecule has 2 N–H and O–H groups in total. The number of amides is 4. The zero-order valence-corrected chi connectivity index (χ0v) is 20.5. The molecule has 8 nitrogen and oxygen atoms in total. The summed E-state index contributed by atoms with van der Waals surface area (Å²) in [6.07, 6.45) is 5.33. The second-order valence-electron chi connectivity index (χ2n) is 9.83. The topological polar surface area (TPSA) is 96.3 Å². The Labute approximate surface area is 214 Å². The van der Waals surface area contributed by atoms with Crippen LogP contribution >= 0.6 is 0 Å². The number of rotatable bonds is 5. The molecule has 0 aliphatic carbocycles. The minimum absolute atomic E-state index is 0.378. The third-order valence-corrected chi connectivity index (χ3v) is 7.25. The number of hydrogen-bond acceptors (Lipinski definition) is 4. The van der Waals surface area contributed by atoms with Gasteiger partial charge in [0, 0.05) is 30.4 Å². The number of nitrogens with zero attached hydrogens (tertiary/aromatic N) is 3. The van der Waals surface area contributed by atoms with Crippen LogP contribution in [0.1, 0.15) is 31.2 Å². The number of carbonyl (C=O) groups excluding carboxylic acids is 3. The van der Waals surface area contributed by atoms with E-state index in [1.54, 1.807) is 13.0 Å². The number of urea groups is 1. The number of imide groups is 1. The summed E-state index contributed by atoms with van der Waals surface area (Å²) >= 11 is 0. The second-order valence-corrected chi connectivity index (χ2v) is 9.83. The van der Waals surface area contributed by atoms with Gasteiger partial charge in [-0.2, -0.15) is 0 Å². The van der Waals surface area contributed by atoms with Crippen LogP contribution < -0.4 is 10.6 Å². The molecule has 0 bridgehead atoms. The van der Waals surface area contributed by atoms with Crippen LogP contribution in [0.25, 0.3) is 22.0 Å². The first kappa shape index (κ1) is 23.0. The lowest BCUT2D eigenvalue weighted by atomic mass is 9.90. The number of fused-ring (bicyclic) bond motifs is 2. The SMILES string of the molecule is CC1(c2ccc3ccccc3c2)NC(=O)N(CC(=O)Nc2cccc(-c3cn4c(n3)CCCC4)c2)C1=O. The summed E-state index contributed by atoms with van der Waals surface area (Å²) in [5, 5.41) is 7.62. The van der Waals surface area contributed by atoms with Crippen LogP contribution in [0.15, 0.2) is 72.9 Å². The molecule has 1 aromatic heterocycles. The Morgan fingerprint density at radius 3 is 2.70 bits per heavy atom. The highest BCUT2D eigenvalue weighted by atomic mass is 16.2. The fourth-order valence-corrected chi connectivity index (χ4v) is 5.19. The summed E-state index contributed by atoms with van der Waals surface area (Å²) < 4.78 is 2.19. The van der Waals surface area contributed by atoms with Crippen molar-refractivity contribution in [2.75, 3.05) is 11.9 Å². The molecule has 4 aromatic rings. The van der Waals surface area contributed by atoms with Crippen LogP contribution in [-0.2, 0) is 28.1 Å². The highest BCUT2D eigenvalue weighted by molar-refractivity contribution is 6.10. The molecule has 1 fully saturated rings. The molecule has 1 saturated heterocycles. The van der Waals surface area contributed by atoms with Gasteiger partial charge >= 0.3 is 6.03 Å². The quantitative estimate of drug-likeness (QED) is 0.402. The lowest BCUT2D eigenvalue weighted by Crippen LogP contribution is -2.42. The molecule has 1 unspecified atom stereocenters. The molecular weight excluding hydrogens is 466 g/mol. The van der Waals surface area contributed by atoms with Crippen molar-refractivity contribution in [3.8, 4) is 11.3 Å². The number of aryl methyl sites for hydroxylation is 2. The molecule has 37 heavy (non-hydrogen) atoms. The second kappa shape index (κ2) is 8.89. The Bertz CT molecular complexity index is 1530. The molecule has 1 atom stereocenters. The van der Waals surface area contributed by atoms with E-state index in [9.17, 15) is 14.4 Å². The molecule has 8 heteroatoms. The van der Waals surface area contributed by atoms with Crippen molar-refractivity contribution in [1.82, 2.24) is 19.8 Å². The fraction of sp³-hybridized carbons (Fsp3) is 0.241. The minimum atomic E-state index is -1.25. The van der Waals surface area contributed by atoms with Crippen molar-refractivity contribution >= 4 is 34.3 Å². The molecule has 3 aromatic carbocycles. The van der Waals surface area contributed by atoms with E-state index in [0.717, 1.165) is 58.6 Å². The van der Waals surface area contributed by atoms with Gasteiger partial charge in [-0.3, -0.25) is 14.5 Å². The van der Waals surface area contributed by atoms with Crippen LogP contribution in [0.4, 0.5) is 10.5 Å². The molecular formula is C29H27N5O3. The van der Waals surface area contributed by atoms with Gasteiger partial charge in [-0.1, -0.05) is 48.5 Å². The maximum atomic E-state index is 13.3. The maximum absolute atomic E-state index is 13.3. The van der Waals surface area contributed by atoms with Crippen molar-refractivity contribution in [1.29, 1.82) is 0 Å². The van der Waals surface area contributed by atoms with Crippen molar-refractivity contribution in [2.24, 2.45) is 0 Å². The molecule has 0 saturated carbocycles. The fourth-order valence-electron chi connectivity index (χ4n) is 5.19. The molecule has 0 spiro atoms. The first-order chi connectivity index (χ1) is 17.9. The Kier molecular flexibility index (Phi) is 5.52. The number of carbonyl (C=O) groups is 3. The molecule has 3 heterocycles. The van der Waals surface area contributed by atoms with Gasteiger partial charge in [-0.25, -0.2) is 9.78 Å². The van der Waals surface area contributed by atoms with Gasteiger partial charge in [-0.05, 0) is 54.3 Å². The zero-order chi connectivity index (χ0) is 25.6. The molecule has 6 rings (SSSR count). The van der Waals surface area contributed by atoms with E-state index >= 15 is 0 Å². The zero-order valence-electron chi connectivity index (χ0n) is 20.5. The summed E-state index contributed by atoms with van der Waals surface area (Å²) in [4.78, 5) is 44.7. The molecule has 186 valence electrons. The normalized spacial score (nSPS) is 19.1. The monoisotopic (exact) mass is 493 g/mol. The summed E-state index contributed by atoms with van der Waals surface area (Å²) in [5.41, 5.74) is 1.77. The van der Waals surface area contributed by atoms with Crippen molar-refractivity contribution in [3.63, 3.8) is 0 Å². The number of aromatic nitrogens is 2. The number of hydrogen-bond donors (Lipinski definition) is 2. The van der Waals surface area contributed by atoms with E-state index in [0.29, 0.717) is 11.3 Å². The largest absolute Gasteiger partial charge is 0.334 e. The summed E-state index contributed by atoms with van der Waals surface area (Å²) in [6.45, 7) is 2.27. The van der Waals surface area contributed by atoms with Gasteiger partial charge < -0.3 is 15.2 Å². The number of benzene rings is 3. The van der Waals surface area contributed by atoms with Crippen LogP contribution in [0.2, 0.25) is 0 Å². The van der Waals surface area contributed by atoms with E-state index < -0.39 is 23.4 Å². The Balaban J connectivity index is 1.17. The summed E-state index contributed by atoms with van der Waals surface area (Å²) in [5.74, 6) is 0.177. The first-order valence-corrected chi connectivity index (χ1v) is 12.5. The number of anilines is 1. The van der Waals surface area contributed by atoms with Crippen molar-refractivity contribution < 1.29 is 14.4 Å².